The molecule has 6 nitrogen and oxygen atoms in total. The lowest BCUT2D eigenvalue weighted by molar-refractivity contribution is -0.127. The fraction of sp³-hybridized carbons (Fsp3) is 0.429. The highest BCUT2D eigenvalue weighted by Gasteiger charge is 2.33. The van der Waals surface area contributed by atoms with Crippen LogP contribution in [0.1, 0.15) is 41.6 Å². The third kappa shape index (κ3) is 2.94. The number of hydrogen-bond acceptors (Lipinski definition) is 4. The van der Waals surface area contributed by atoms with Crippen LogP contribution >= 0.6 is 0 Å². The summed E-state index contributed by atoms with van der Waals surface area (Å²) in [6, 6.07) is 8.81. The van der Waals surface area contributed by atoms with E-state index >= 15 is 0 Å². The van der Waals surface area contributed by atoms with Crippen molar-refractivity contribution in [1.82, 2.24) is 20.0 Å². The van der Waals surface area contributed by atoms with Crippen molar-refractivity contribution in [2.24, 2.45) is 0 Å². The molecule has 0 saturated heterocycles. The quantitative estimate of drug-likeness (QED) is 0.850. The van der Waals surface area contributed by atoms with Crippen molar-refractivity contribution in [3.8, 4) is 11.6 Å². The molecule has 1 fully saturated rings. The summed E-state index contributed by atoms with van der Waals surface area (Å²) >= 11 is 0. The average Bonchev–Trinajstić information content (AvgIpc) is 3.47. The second kappa shape index (κ2) is 6.53. The Hall–Kier alpha value is -2.60. The first-order valence-electron chi connectivity index (χ1n) is 9.74. The second-order valence-corrected chi connectivity index (χ2v) is 7.54. The van der Waals surface area contributed by atoms with Crippen molar-refractivity contribution in [2.75, 3.05) is 26.2 Å². The molecule has 1 N–H and O–H groups in total. The first kappa shape index (κ1) is 16.6. The van der Waals surface area contributed by atoms with Crippen molar-refractivity contribution in [2.45, 2.75) is 31.2 Å². The van der Waals surface area contributed by atoms with Gasteiger partial charge < -0.3 is 15.0 Å². The highest BCUT2D eigenvalue weighted by Crippen LogP contribution is 2.40. The Morgan fingerprint density at radius 3 is 2.85 bits per heavy atom. The number of carbonyl (C=O) groups excluding carboxylic acids is 1. The maximum absolute atomic E-state index is 12.1. The predicted molar refractivity (Wildman–Crippen MR) is 102 cm³/mol. The maximum atomic E-state index is 12.1. The summed E-state index contributed by atoms with van der Waals surface area (Å²) in [5.41, 5.74) is 4.77. The molecule has 0 radical (unpaired) electrons. The third-order valence-corrected chi connectivity index (χ3v) is 5.76. The molecule has 3 heterocycles. The summed E-state index contributed by atoms with van der Waals surface area (Å²) in [5.74, 6) is 1.39. The van der Waals surface area contributed by atoms with Crippen LogP contribution in [-0.4, -0.2) is 46.8 Å². The second-order valence-electron chi connectivity index (χ2n) is 7.54. The molecule has 1 amide bonds. The Labute approximate surface area is 158 Å². The normalized spacial score (nSPS) is 21.6. The Balaban J connectivity index is 1.51. The molecule has 2 aliphatic heterocycles. The van der Waals surface area contributed by atoms with Crippen LogP contribution in [0, 0.1) is 0 Å². The van der Waals surface area contributed by atoms with E-state index in [0.717, 1.165) is 30.1 Å². The van der Waals surface area contributed by atoms with E-state index < -0.39 is 0 Å². The molecule has 0 bridgehead atoms. The van der Waals surface area contributed by atoms with Gasteiger partial charge in [0.15, 0.2) is 0 Å². The lowest BCUT2D eigenvalue weighted by Gasteiger charge is -2.32. The largest absolute Gasteiger partial charge is 0.474 e. The third-order valence-electron chi connectivity index (χ3n) is 5.76. The SMILES string of the molecule is C=CC(=O)N1CCOc2nn(-c3ccc(C4CC4)cc3)c3c2[C@H](C1)NCC3. The van der Waals surface area contributed by atoms with Crippen molar-refractivity contribution >= 4 is 5.91 Å². The molecule has 1 aliphatic carbocycles. The fourth-order valence-corrected chi connectivity index (χ4v) is 4.17. The molecular weight excluding hydrogens is 340 g/mol. The maximum Gasteiger partial charge on any atom is 0.246 e. The van der Waals surface area contributed by atoms with E-state index in [4.69, 9.17) is 9.84 Å². The van der Waals surface area contributed by atoms with Crippen molar-refractivity contribution in [3.05, 3.63) is 53.7 Å². The number of carbonyl (C=O) groups is 1. The van der Waals surface area contributed by atoms with E-state index in [9.17, 15) is 4.79 Å². The molecule has 1 aromatic heterocycles. The van der Waals surface area contributed by atoms with Crippen LogP contribution in [0.3, 0.4) is 0 Å². The standard InChI is InChI=1S/C21H24N4O2/c1-2-19(26)24-11-12-27-21-20-17(13-24)22-10-9-18(20)25(23-21)16-7-5-15(6-8-16)14-3-4-14/h2,5-8,14,17,22H,1,3-4,9-13H2/t17-/m0/s1. The van der Waals surface area contributed by atoms with Crippen LogP contribution in [0.25, 0.3) is 5.69 Å². The summed E-state index contributed by atoms with van der Waals surface area (Å²) in [6.45, 7) is 6.07. The monoisotopic (exact) mass is 364 g/mol. The van der Waals surface area contributed by atoms with Crippen LogP contribution in [-0.2, 0) is 11.2 Å². The highest BCUT2D eigenvalue weighted by molar-refractivity contribution is 5.87. The number of amides is 1. The Morgan fingerprint density at radius 2 is 2.11 bits per heavy atom. The van der Waals surface area contributed by atoms with Crippen LogP contribution < -0.4 is 10.1 Å². The zero-order valence-corrected chi connectivity index (χ0v) is 15.4. The minimum absolute atomic E-state index is 0.0347. The molecule has 140 valence electrons. The van der Waals surface area contributed by atoms with E-state index in [2.05, 4.69) is 36.2 Å². The van der Waals surface area contributed by atoms with E-state index in [1.54, 1.807) is 4.90 Å². The van der Waals surface area contributed by atoms with E-state index in [0.29, 0.717) is 25.6 Å². The molecule has 3 aliphatic rings. The minimum Gasteiger partial charge on any atom is -0.474 e. The summed E-state index contributed by atoms with van der Waals surface area (Å²) < 4.78 is 8.00. The molecule has 27 heavy (non-hydrogen) atoms. The highest BCUT2D eigenvalue weighted by atomic mass is 16.5. The summed E-state index contributed by atoms with van der Waals surface area (Å²) in [6.07, 6.45) is 4.88. The van der Waals surface area contributed by atoms with Gasteiger partial charge in [-0.3, -0.25) is 4.79 Å². The lowest BCUT2D eigenvalue weighted by Crippen LogP contribution is -2.44. The Kier molecular flexibility index (Phi) is 4.01. The molecule has 1 atom stereocenters. The van der Waals surface area contributed by atoms with E-state index in [1.165, 1.54) is 30.2 Å². The van der Waals surface area contributed by atoms with Gasteiger partial charge in [-0.1, -0.05) is 18.7 Å². The number of rotatable bonds is 3. The smallest absolute Gasteiger partial charge is 0.246 e. The van der Waals surface area contributed by atoms with Gasteiger partial charge in [0.1, 0.15) is 6.61 Å². The Bertz CT molecular complexity index is 882. The fourth-order valence-electron chi connectivity index (χ4n) is 4.17. The molecular formula is C21H24N4O2. The minimum atomic E-state index is -0.0565. The van der Waals surface area contributed by atoms with Gasteiger partial charge in [-0.05, 0) is 42.5 Å². The van der Waals surface area contributed by atoms with Gasteiger partial charge in [-0.2, -0.15) is 0 Å². The Morgan fingerprint density at radius 1 is 1.30 bits per heavy atom. The van der Waals surface area contributed by atoms with E-state index in [-0.39, 0.29) is 11.9 Å². The van der Waals surface area contributed by atoms with Gasteiger partial charge in [-0.25, -0.2) is 4.68 Å². The van der Waals surface area contributed by atoms with Crippen LogP contribution in [0.5, 0.6) is 5.88 Å². The van der Waals surface area contributed by atoms with Gasteiger partial charge in [-0.15, -0.1) is 5.10 Å². The first-order chi connectivity index (χ1) is 13.2. The predicted octanol–water partition coefficient (Wildman–Crippen LogP) is 2.34. The number of hydrogen-bond donors (Lipinski definition) is 1. The summed E-state index contributed by atoms with van der Waals surface area (Å²) in [5, 5.41) is 8.32. The van der Waals surface area contributed by atoms with Crippen LogP contribution in [0.15, 0.2) is 36.9 Å². The van der Waals surface area contributed by atoms with Gasteiger partial charge in [0.05, 0.1) is 29.5 Å². The number of aromatic nitrogens is 2. The van der Waals surface area contributed by atoms with E-state index in [1.807, 2.05) is 4.68 Å². The van der Waals surface area contributed by atoms with Crippen molar-refractivity contribution < 1.29 is 9.53 Å². The van der Waals surface area contributed by atoms with Gasteiger partial charge in [0.2, 0.25) is 11.8 Å². The number of ether oxygens (including phenoxy) is 1. The van der Waals surface area contributed by atoms with Gasteiger partial charge in [0.25, 0.3) is 0 Å². The van der Waals surface area contributed by atoms with Crippen molar-refractivity contribution in [1.29, 1.82) is 0 Å². The molecule has 1 aromatic carbocycles. The average molecular weight is 364 g/mol. The number of benzene rings is 1. The molecule has 0 spiro atoms. The zero-order chi connectivity index (χ0) is 18.4. The molecule has 6 heteroatoms. The molecule has 1 saturated carbocycles. The summed E-state index contributed by atoms with van der Waals surface area (Å²) in [4.78, 5) is 13.9. The number of nitrogens with zero attached hydrogens (tertiary/aromatic N) is 3. The van der Waals surface area contributed by atoms with Crippen molar-refractivity contribution in [3.63, 3.8) is 0 Å². The van der Waals surface area contributed by atoms with Gasteiger partial charge >= 0.3 is 0 Å². The van der Waals surface area contributed by atoms with Gasteiger partial charge in [0, 0.05) is 19.5 Å². The molecule has 0 unspecified atom stereocenters. The molecule has 2 aromatic rings. The first-order valence-corrected chi connectivity index (χ1v) is 9.74. The zero-order valence-electron chi connectivity index (χ0n) is 15.4. The summed E-state index contributed by atoms with van der Waals surface area (Å²) in [7, 11) is 0. The van der Waals surface area contributed by atoms with Crippen LogP contribution in [0.2, 0.25) is 0 Å². The topological polar surface area (TPSA) is 59.4 Å². The lowest BCUT2D eigenvalue weighted by atomic mass is 9.99. The van der Waals surface area contributed by atoms with Crippen LogP contribution in [0.4, 0.5) is 0 Å². The molecule has 5 rings (SSSR count). The number of nitrogens with one attached hydrogen (secondary N) is 1.